The van der Waals surface area contributed by atoms with Crippen molar-refractivity contribution in [2.24, 2.45) is 0 Å². The zero-order valence-electron chi connectivity index (χ0n) is 18.6. The third-order valence-electron chi connectivity index (χ3n) is 5.84. The Bertz CT molecular complexity index is 780. The summed E-state index contributed by atoms with van der Waals surface area (Å²) in [7, 11) is -4.22. The van der Waals surface area contributed by atoms with Gasteiger partial charge in [0.2, 0.25) is 0 Å². The van der Waals surface area contributed by atoms with Gasteiger partial charge in [0, 0.05) is 5.56 Å². The summed E-state index contributed by atoms with van der Waals surface area (Å²) in [5.41, 5.74) is 3.52. The molecule has 6 heteroatoms. The van der Waals surface area contributed by atoms with Crippen LogP contribution in [0.3, 0.4) is 0 Å². The van der Waals surface area contributed by atoms with Crippen molar-refractivity contribution in [1.29, 1.82) is 0 Å². The van der Waals surface area contributed by atoms with Gasteiger partial charge in [0.1, 0.15) is 17.1 Å². The standard InChI is InChI=1S/C23H37O5P/c1-6-7-8-9-10-11-12-14-23(5)15-13-20-19(4)21(27-16-29(24,25)26)17(2)18(3)22(20)28-23/h12,14H,6-11,13,15-16H2,1-5H3,(H2,24,25,26). The SMILES string of the molecule is CCCCCCCC=CC1(C)CCc2c(C)c(OCP(=O)(O)O)c(C)c(C)c2O1. The lowest BCUT2D eigenvalue weighted by Crippen LogP contribution is -2.35. The highest BCUT2D eigenvalue weighted by Crippen LogP contribution is 2.45. The molecule has 0 bridgehead atoms. The summed E-state index contributed by atoms with van der Waals surface area (Å²) in [5, 5.41) is 0. The number of ether oxygens (including phenoxy) is 2. The molecule has 0 amide bonds. The first-order valence-corrected chi connectivity index (χ1v) is 12.5. The molecule has 0 saturated carbocycles. The molecule has 0 aliphatic carbocycles. The predicted molar refractivity (Wildman–Crippen MR) is 118 cm³/mol. The van der Waals surface area contributed by atoms with E-state index in [0.717, 1.165) is 47.3 Å². The first-order chi connectivity index (χ1) is 13.6. The van der Waals surface area contributed by atoms with Gasteiger partial charge in [0.05, 0.1) is 0 Å². The molecular weight excluding hydrogens is 387 g/mol. The molecule has 0 aromatic heterocycles. The molecule has 1 aromatic carbocycles. The second kappa shape index (κ2) is 10.1. The van der Waals surface area contributed by atoms with Crippen molar-refractivity contribution in [3.63, 3.8) is 0 Å². The maximum atomic E-state index is 11.2. The van der Waals surface area contributed by atoms with Crippen LogP contribution in [0.1, 0.15) is 81.0 Å². The third-order valence-corrected chi connectivity index (χ3v) is 6.30. The smallest absolute Gasteiger partial charge is 0.362 e. The lowest BCUT2D eigenvalue weighted by molar-refractivity contribution is 0.112. The van der Waals surface area contributed by atoms with Crippen molar-refractivity contribution in [3.8, 4) is 11.5 Å². The first kappa shape index (κ1) is 24.0. The van der Waals surface area contributed by atoms with Gasteiger partial charge in [-0.1, -0.05) is 38.7 Å². The Hall–Kier alpha value is -1.29. The minimum Gasteiger partial charge on any atom is -0.483 e. The summed E-state index contributed by atoms with van der Waals surface area (Å²) < 4.78 is 23.2. The van der Waals surface area contributed by atoms with Crippen LogP contribution in [0.4, 0.5) is 0 Å². The van der Waals surface area contributed by atoms with Crippen LogP contribution in [0, 0.1) is 20.8 Å². The highest BCUT2D eigenvalue weighted by atomic mass is 31.2. The minimum absolute atomic E-state index is 0.325. The van der Waals surface area contributed by atoms with Crippen molar-refractivity contribution < 1.29 is 23.8 Å². The summed E-state index contributed by atoms with van der Waals surface area (Å²) in [6.07, 6.45) is 13.1. The Morgan fingerprint density at radius 3 is 2.45 bits per heavy atom. The van der Waals surface area contributed by atoms with Gasteiger partial charge in [-0.25, -0.2) is 0 Å². The quantitative estimate of drug-likeness (QED) is 0.269. The summed E-state index contributed by atoms with van der Waals surface area (Å²) >= 11 is 0. The topological polar surface area (TPSA) is 76.0 Å². The molecule has 0 radical (unpaired) electrons. The van der Waals surface area contributed by atoms with Crippen LogP contribution in [-0.4, -0.2) is 21.7 Å². The van der Waals surface area contributed by atoms with Crippen LogP contribution in [-0.2, 0) is 11.0 Å². The molecule has 2 rings (SSSR count). The molecule has 1 aliphatic heterocycles. The van der Waals surface area contributed by atoms with Crippen molar-refractivity contribution in [2.45, 2.75) is 91.6 Å². The number of benzene rings is 1. The van der Waals surface area contributed by atoms with Crippen molar-refractivity contribution >= 4 is 7.60 Å². The van der Waals surface area contributed by atoms with E-state index in [1.54, 1.807) is 0 Å². The van der Waals surface area contributed by atoms with Crippen molar-refractivity contribution in [3.05, 3.63) is 34.4 Å². The highest BCUT2D eigenvalue weighted by molar-refractivity contribution is 7.51. The Kier molecular flexibility index (Phi) is 8.39. The molecule has 0 saturated heterocycles. The zero-order chi connectivity index (χ0) is 21.7. The van der Waals surface area contributed by atoms with Crippen LogP contribution in [0.2, 0.25) is 0 Å². The molecule has 0 fully saturated rings. The molecule has 1 aromatic rings. The van der Waals surface area contributed by atoms with Gasteiger partial charge in [-0.05, 0) is 76.1 Å². The monoisotopic (exact) mass is 424 g/mol. The van der Waals surface area contributed by atoms with Gasteiger partial charge in [0.25, 0.3) is 0 Å². The average Bonchev–Trinajstić information content (AvgIpc) is 2.64. The molecule has 1 atom stereocenters. The number of rotatable bonds is 10. The van der Waals surface area contributed by atoms with Gasteiger partial charge >= 0.3 is 7.60 Å². The second-order valence-electron chi connectivity index (χ2n) is 8.47. The number of allylic oxidation sites excluding steroid dienone is 1. The first-order valence-electron chi connectivity index (χ1n) is 10.7. The van der Waals surface area contributed by atoms with Crippen LogP contribution in [0.5, 0.6) is 11.5 Å². The molecule has 1 heterocycles. The summed E-state index contributed by atoms with van der Waals surface area (Å²) in [4.78, 5) is 18.3. The van der Waals surface area contributed by atoms with E-state index >= 15 is 0 Å². The lowest BCUT2D eigenvalue weighted by Gasteiger charge is -2.36. The Morgan fingerprint density at radius 2 is 1.79 bits per heavy atom. The maximum Gasteiger partial charge on any atom is 0.362 e. The number of fused-ring (bicyclic) bond motifs is 1. The highest BCUT2D eigenvalue weighted by Gasteiger charge is 2.33. The van der Waals surface area contributed by atoms with E-state index in [-0.39, 0.29) is 5.60 Å². The number of unbranched alkanes of at least 4 members (excludes halogenated alkanes) is 5. The maximum absolute atomic E-state index is 11.2. The lowest BCUT2D eigenvalue weighted by atomic mass is 9.87. The molecule has 5 nitrogen and oxygen atoms in total. The third kappa shape index (κ3) is 6.60. The van der Waals surface area contributed by atoms with E-state index in [0.29, 0.717) is 5.75 Å². The molecular formula is C23H37O5P. The van der Waals surface area contributed by atoms with Crippen LogP contribution >= 0.6 is 7.60 Å². The van der Waals surface area contributed by atoms with Crippen LogP contribution in [0.25, 0.3) is 0 Å². The van der Waals surface area contributed by atoms with E-state index in [1.807, 2.05) is 20.8 Å². The second-order valence-corrected chi connectivity index (χ2v) is 10.1. The van der Waals surface area contributed by atoms with E-state index in [2.05, 4.69) is 26.0 Å². The molecule has 0 spiro atoms. The summed E-state index contributed by atoms with van der Waals surface area (Å²) in [5.74, 6) is 1.46. The fourth-order valence-electron chi connectivity index (χ4n) is 3.93. The summed E-state index contributed by atoms with van der Waals surface area (Å²) in [6.45, 7) is 10.2. The van der Waals surface area contributed by atoms with Crippen molar-refractivity contribution in [2.75, 3.05) is 6.35 Å². The minimum atomic E-state index is -4.22. The molecule has 29 heavy (non-hydrogen) atoms. The van der Waals surface area contributed by atoms with E-state index < -0.39 is 13.9 Å². The van der Waals surface area contributed by atoms with Gasteiger partial charge in [-0.3, -0.25) is 4.57 Å². The average molecular weight is 425 g/mol. The normalized spacial score (nSPS) is 19.3. The molecule has 2 N–H and O–H groups in total. The fourth-order valence-corrected chi connectivity index (χ4v) is 4.23. The molecule has 1 aliphatic rings. The van der Waals surface area contributed by atoms with E-state index in [4.69, 9.17) is 19.3 Å². The number of hydrogen-bond acceptors (Lipinski definition) is 3. The van der Waals surface area contributed by atoms with Gasteiger partial charge in [-0.15, -0.1) is 0 Å². The van der Waals surface area contributed by atoms with Gasteiger partial charge in [0.15, 0.2) is 6.35 Å². The Morgan fingerprint density at radius 1 is 1.10 bits per heavy atom. The van der Waals surface area contributed by atoms with Crippen LogP contribution < -0.4 is 9.47 Å². The van der Waals surface area contributed by atoms with Crippen molar-refractivity contribution in [1.82, 2.24) is 0 Å². The summed E-state index contributed by atoms with van der Waals surface area (Å²) in [6, 6.07) is 0. The number of hydrogen-bond donors (Lipinski definition) is 2. The predicted octanol–water partition coefficient (Wildman–Crippen LogP) is 6.13. The van der Waals surface area contributed by atoms with Gasteiger partial charge in [-0.2, -0.15) is 0 Å². The van der Waals surface area contributed by atoms with Gasteiger partial charge < -0.3 is 19.3 Å². The molecule has 1 unspecified atom stereocenters. The Labute approximate surface area is 175 Å². The fraction of sp³-hybridized carbons (Fsp3) is 0.652. The molecule has 164 valence electrons. The van der Waals surface area contributed by atoms with E-state index in [1.165, 1.54) is 32.1 Å². The largest absolute Gasteiger partial charge is 0.483 e. The zero-order valence-corrected chi connectivity index (χ0v) is 19.5. The van der Waals surface area contributed by atoms with Crippen LogP contribution in [0.15, 0.2) is 12.2 Å². The Balaban J connectivity index is 2.12. The van der Waals surface area contributed by atoms with E-state index in [9.17, 15) is 4.57 Å².